The molecule has 2 aromatic rings. The number of imidazole rings is 1. The van der Waals surface area contributed by atoms with Crippen molar-refractivity contribution in [1.29, 1.82) is 0 Å². The molecule has 0 saturated heterocycles. The Morgan fingerprint density at radius 2 is 2.15 bits per heavy atom. The van der Waals surface area contributed by atoms with Crippen molar-refractivity contribution >= 4 is 18.2 Å². The van der Waals surface area contributed by atoms with Gasteiger partial charge in [-0.2, -0.15) is 0 Å². The highest BCUT2D eigenvalue weighted by molar-refractivity contribution is 5.85. The quantitative estimate of drug-likeness (QED) is 0.637. The monoisotopic (exact) mass is 174 g/mol. The minimum Gasteiger partial charge on any atom is -0.298 e. The molecule has 13 heavy (non-hydrogen) atoms. The molecule has 0 atom stereocenters. The molecule has 0 amide bonds. The second-order valence-corrected chi connectivity index (χ2v) is 2.58. The molecule has 2 rings (SSSR count). The number of pyridine rings is 1. The van der Waals surface area contributed by atoms with E-state index in [2.05, 4.69) is 4.98 Å². The fourth-order valence-corrected chi connectivity index (χ4v) is 1.23. The van der Waals surface area contributed by atoms with Gasteiger partial charge in [-0.3, -0.25) is 14.0 Å². The topological polar surface area (TPSA) is 51.4 Å². The molecule has 64 valence electrons. The van der Waals surface area contributed by atoms with Crippen LogP contribution in [0, 0.1) is 0 Å². The fraction of sp³-hybridized carbons (Fsp3) is 0. The zero-order valence-corrected chi connectivity index (χ0v) is 6.68. The van der Waals surface area contributed by atoms with E-state index in [0.717, 1.165) is 6.29 Å². The average Bonchev–Trinajstić information content (AvgIpc) is 2.60. The highest BCUT2D eigenvalue weighted by Crippen LogP contribution is 2.08. The van der Waals surface area contributed by atoms with Gasteiger partial charge < -0.3 is 0 Å². The Balaban J connectivity index is 2.86. The second-order valence-electron chi connectivity index (χ2n) is 2.58. The van der Waals surface area contributed by atoms with Gasteiger partial charge >= 0.3 is 0 Å². The molecule has 2 heterocycles. The summed E-state index contributed by atoms with van der Waals surface area (Å²) in [7, 11) is 0. The molecule has 4 nitrogen and oxygen atoms in total. The van der Waals surface area contributed by atoms with E-state index in [1.54, 1.807) is 22.7 Å². The van der Waals surface area contributed by atoms with Gasteiger partial charge in [-0.15, -0.1) is 0 Å². The predicted octanol–water partition coefficient (Wildman–Crippen LogP) is 0.959. The summed E-state index contributed by atoms with van der Waals surface area (Å²) in [5.74, 6) is 0. The number of aromatic nitrogens is 2. The number of nitrogens with zero attached hydrogens (tertiary/aromatic N) is 2. The first-order valence-corrected chi connectivity index (χ1v) is 3.73. The minimum atomic E-state index is 0.443. The summed E-state index contributed by atoms with van der Waals surface area (Å²) in [4.78, 5) is 25.1. The Bertz CT molecular complexity index is 473. The van der Waals surface area contributed by atoms with Crippen molar-refractivity contribution in [3.05, 3.63) is 35.8 Å². The molecule has 0 unspecified atom stereocenters. The first-order chi connectivity index (χ1) is 6.36. The first-order valence-electron chi connectivity index (χ1n) is 3.73. The molecule has 0 aliphatic heterocycles. The van der Waals surface area contributed by atoms with Gasteiger partial charge in [0.15, 0.2) is 12.6 Å². The van der Waals surface area contributed by atoms with Gasteiger partial charge in [-0.1, -0.05) is 0 Å². The summed E-state index contributed by atoms with van der Waals surface area (Å²) in [6, 6.07) is 3.36. The average molecular weight is 174 g/mol. The van der Waals surface area contributed by atoms with Crippen LogP contribution in [0.4, 0.5) is 0 Å². The highest BCUT2D eigenvalue weighted by Gasteiger charge is 2.04. The Morgan fingerprint density at radius 3 is 2.85 bits per heavy atom. The van der Waals surface area contributed by atoms with E-state index < -0.39 is 0 Å². The smallest absolute Gasteiger partial charge is 0.168 e. The largest absolute Gasteiger partial charge is 0.298 e. The Kier molecular flexibility index (Phi) is 1.66. The molecule has 0 bridgehead atoms. The van der Waals surface area contributed by atoms with E-state index in [4.69, 9.17) is 0 Å². The second kappa shape index (κ2) is 2.82. The van der Waals surface area contributed by atoms with Crippen LogP contribution in [0.2, 0.25) is 0 Å². The van der Waals surface area contributed by atoms with E-state index in [1.807, 2.05) is 0 Å². The SMILES string of the molecule is O=Cc1cccn2c(C=O)cnc12. The van der Waals surface area contributed by atoms with E-state index in [-0.39, 0.29) is 0 Å². The zero-order chi connectivity index (χ0) is 9.26. The van der Waals surface area contributed by atoms with Crippen molar-refractivity contribution in [3.63, 3.8) is 0 Å². The molecule has 0 saturated carbocycles. The van der Waals surface area contributed by atoms with E-state index in [9.17, 15) is 9.59 Å². The molecule has 0 spiro atoms. The molecule has 4 heteroatoms. The molecule has 0 aliphatic rings. The van der Waals surface area contributed by atoms with Crippen LogP contribution in [0.15, 0.2) is 24.5 Å². The van der Waals surface area contributed by atoms with Crippen molar-refractivity contribution < 1.29 is 9.59 Å². The lowest BCUT2D eigenvalue weighted by atomic mass is 10.3. The maximum atomic E-state index is 10.6. The van der Waals surface area contributed by atoms with Crippen molar-refractivity contribution in [3.8, 4) is 0 Å². The lowest BCUT2D eigenvalue weighted by Gasteiger charge is -1.95. The summed E-state index contributed by atoms with van der Waals surface area (Å²) < 4.78 is 1.58. The van der Waals surface area contributed by atoms with Crippen LogP contribution < -0.4 is 0 Å². The van der Waals surface area contributed by atoms with Crippen LogP contribution in [0.5, 0.6) is 0 Å². The number of hydrogen-bond donors (Lipinski definition) is 0. The first kappa shape index (κ1) is 7.67. The number of hydrogen-bond acceptors (Lipinski definition) is 3. The van der Waals surface area contributed by atoms with Gasteiger partial charge in [0.05, 0.1) is 11.8 Å². The predicted molar refractivity (Wildman–Crippen MR) is 46.0 cm³/mol. The molecule has 0 fully saturated rings. The molecular weight excluding hydrogens is 168 g/mol. The summed E-state index contributed by atoms with van der Waals surface area (Å²) >= 11 is 0. The molecule has 0 N–H and O–H groups in total. The molecule has 0 radical (unpaired) electrons. The van der Waals surface area contributed by atoms with Crippen LogP contribution in [-0.2, 0) is 0 Å². The summed E-state index contributed by atoms with van der Waals surface area (Å²) in [5, 5.41) is 0. The van der Waals surface area contributed by atoms with Crippen LogP contribution in [0.1, 0.15) is 20.8 Å². The van der Waals surface area contributed by atoms with Crippen LogP contribution in [-0.4, -0.2) is 22.0 Å². The third kappa shape index (κ3) is 1.03. The van der Waals surface area contributed by atoms with Gasteiger partial charge in [-0.25, -0.2) is 4.98 Å². The molecule has 2 aromatic heterocycles. The van der Waals surface area contributed by atoms with E-state index >= 15 is 0 Å². The highest BCUT2D eigenvalue weighted by atomic mass is 16.1. The standard InChI is InChI=1S/C9H6N2O2/c12-5-7-2-1-3-11-8(6-13)4-10-9(7)11/h1-6H. The van der Waals surface area contributed by atoms with Crippen LogP contribution in [0.25, 0.3) is 5.65 Å². The van der Waals surface area contributed by atoms with Crippen LogP contribution >= 0.6 is 0 Å². The normalized spacial score (nSPS) is 10.2. The molecule has 0 aliphatic carbocycles. The number of carbonyl (C=O) groups excluding carboxylic acids is 2. The Labute approximate surface area is 73.8 Å². The molecule has 0 aromatic carbocycles. The van der Waals surface area contributed by atoms with Crippen molar-refractivity contribution in [2.75, 3.05) is 0 Å². The molecular formula is C9H6N2O2. The lowest BCUT2D eigenvalue weighted by Crippen LogP contribution is -1.93. The summed E-state index contributed by atoms with van der Waals surface area (Å²) in [6.07, 6.45) is 4.56. The van der Waals surface area contributed by atoms with Crippen LogP contribution in [0.3, 0.4) is 0 Å². The summed E-state index contributed by atoms with van der Waals surface area (Å²) in [6.45, 7) is 0. The van der Waals surface area contributed by atoms with Crippen molar-refractivity contribution in [2.24, 2.45) is 0 Å². The van der Waals surface area contributed by atoms with Gasteiger partial charge in [0.2, 0.25) is 0 Å². The zero-order valence-electron chi connectivity index (χ0n) is 6.68. The number of rotatable bonds is 2. The number of aldehydes is 2. The fourth-order valence-electron chi connectivity index (χ4n) is 1.23. The third-order valence-electron chi connectivity index (χ3n) is 1.84. The Hall–Kier alpha value is -1.97. The lowest BCUT2D eigenvalue weighted by molar-refractivity contribution is 0.111. The minimum absolute atomic E-state index is 0.443. The number of fused-ring (bicyclic) bond motifs is 1. The maximum Gasteiger partial charge on any atom is 0.168 e. The van der Waals surface area contributed by atoms with Crippen molar-refractivity contribution in [2.45, 2.75) is 0 Å². The van der Waals surface area contributed by atoms with Gasteiger partial charge in [0.1, 0.15) is 11.3 Å². The maximum absolute atomic E-state index is 10.6. The van der Waals surface area contributed by atoms with E-state index in [1.165, 1.54) is 6.20 Å². The van der Waals surface area contributed by atoms with Gasteiger partial charge in [0.25, 0.3) is 0 Å². The summed E-state index contributed by atoms with van der Waals surface area (Å²) in [5.41, 5.74) is 1.44. The van der Waals surface area contributed by atoms with E-state index in [0.29, 0.717) is 23.2 Å². The van der Waals surface area contributed by atoms with Crippen molar-refractivity contribution in [1.82, 2.24) is 9.38 Å². The third-order valence-corrected chi connectivity index (χ3v) is 1.84. The van der Waals surface area contributed by atoms with Gasteiger partial charge in [0, 0.05) is 6.20 Å². The Morgan fingerprint density at radius 1 is 1.31 bits per heavy atom. The van der Waals surface area contributed by atoms with Gasteiger partial charge in [-0.05, 0) is 12.1 Å². The number of carbonyl (C=O) groups is 2.